The Morgan fingerprint density at radius 1 is 1.27 bits per heavy atom. The average Bonchev–Trinajstić information content (AvgIpc) is 2.42. The van der Waals surface area contributed by atoms with Crippen molar-refractivity contribution >= 4 is 29.1 Å². The van der Waals surface area contributed by atoms with E-state index in [9.17, 15) is 9.59 Å². The second-order valence-corrected chi connectivity index (χ2v) is 5.94. The minimum Gasteiger partial charge on any atom is -0.354 e. The van der Waals surface area contributed by atoms with E-state index in [0.717, 1.165) is 29.7 Å². The van der Waals surface area contributed by atoms with E-state index in [-0.39, 0.29) is 11.8 Å². The molecule has 0 fully saturated rings. The van der Waals surface area contributed by atoms with E-state index in [1.54, 1.807) is 4.90 Å². The van der Waals surface area contributed by atoms with Crippen LogP contribution in [0, 0.1) is 13.8 Å². The summed E-state index contributed by atoms with van der Waals surface area (Å²) in [5.74, 6) is -0.0614. The van der Waals surface area contributed by atoms with Gasteiger partial charge in [-0.05, 0) is 37.5 Å². The Hall–Kier alpha value is -1.55. The van der Waals surface area contributed by atoms with Gasteiger partial charge in [-0.15, -0.1) is 0 Å². The van der Waals surface area contributed by atoms with Crippen molar-refractivity contribution in [3.05, 3.63) is 28.3 Å². The number of hydrogen-bond acceptors (Lipinski definition) is 2. The third kappa shape index (κ3) is 5.34. The molecular formula is C17H25ClN2O2. The van der Waals surface area contributed by atoms with E-state index in [1.165, 1.54) is 6.92 Å². The number of carbonyl (C=O) groups is 2. The van der Waals surface area contributed by atoms with Crippen LogP contribution in [0.3, 0.4) is 0 Å². The number of unbranched alkanes of at least 4 members (excludes halogenated alkanes) is 1. The zero-order valence-corrected chi connectivity index (χ0v) is 14.6. The van der Waals surface area contributed by atoms with Crippen molar-refractivity contribution in [3.8, 4) is 0 Å². The number of hydrogen-bond donors (Lipinski definition) is 1. The van der Waals surface area contributed by atoms with E-state index >= 15 is 0 Å². The summed E-state index contributed by atoms with van der Waals surface area (Å²) in [4.78, 5) is 25.2. The third-order valence-corrected chi connectivity index (χ3v) is 3.75. The highest BCUT2D eigenvalue weighted by atomic mass is 35.5. The predicted molar refractivity (Wildman–Crippen MR) is 91.5 cm³/mol. The van der Waals surface area contributed by atoms with Gasteiger partial charge in [-0.3, -0.25) is 9.59 Å². The van der Waals surface area contributed by atoms with Gasteiger partial charge in [0.15, 0.2) is 0 Å². The van der Waals surface area contributed by atoms with Crippen LogP contribution in [0.5, 0.6) is 0 Å². The van der Waals surface area contributed by atoms with E-state index in [1.807, 2.05) is 32.9 Å². The van der Waals surface area contributed by atoms with Gasteiger partial charge in [-0.1, -0.05) is 31.0 Å². The number of amides is 2. The van der Waals surface area contributed by atoms with E-state index in [2.05, 4.69) is 5.32 Å². The van der Waals surface area contributed by atoms with Gasteiger partial charge >= 0.3 is 0 Å². The van der Waals surface area contributed by atoms with E-state index in [4.69, 9.17) is 11.6 Å². The molecule has 0 saturated carbocycles. The monoisotopic (exact) mass is 324 g/mol. The second kappa shape index (κ2) is 8.79. The lowest BCUT2D eigenvalue weighted by molar-refractivity contribution is -0.121. The first-order valence-electron chi connectivity index (χ1n) is 7.68. The Labute approximate surface area is 137 Å². The molecule has 0 aliphatic rings. The van der Waals surface area contributed by atoms with Gasteiger partial charge in [0.25, 0.3) is 0 Å². The van der Waals surface area contributed by atoms with Crippen LogP contribution in [-0.4, -0.2) is 24.9 Å². The smallest absolute Gasteiger partial charge is 0.223 e. The Morgan fingerprint density at radius 2 is 1.95 bits per heavy atom. The topological polar surface area (TPSA) is 49.4 Å². The largest absolute Gasteiger partial charge is 0.354 e. The zero-order valence-electron chi connectivity index (χ0n) is 13.8. The molecule has 1 aromatic rings. The summed E-state index contributed by atoms with van der Waals surface area (Å²) in [5, 5.41) is 3.41. The SMILES string of the molecule is CCCCC(=O)NCCN(C(C)=O)c1c(C)cc(C)cc1Cl. The van der Waals surface area contributed by atoms with E-state index < -0.39 is 0 Å². The zero-order chi connectivity index (χ0) is 16.7. The predicted octanol–water partition coefficient (Wildman–Crippen LogP) is 3.62. The minimum absolute atomic E-state index is 0.0251. The molecule has 0 radical (unpaired) electrons. The molecular weight excluding hydrogens is 300 g/mol. The Kier molecular flexibility index (Phi) is 7.39. The van der Waals surface area contributed by atoms with Crippen LogP contribution >= 0.6 is 11.6 Å². The average molecular weight is 325 g/mol. The molecule has 1 aromatic carbocycles. The van der Waals surface area contributed by atoms with Gasteiger partial charge in [0.2, 0.25) is 11.8 Å². The maximum atomic E-state index is 11.9. The van der Waals surface area contributed by atoms with Crippen LogP contribution in [0.15, 0.2) is 12.1 Å². The highest BCUT2D eigenvalue weighted by molar-refractivity contribution is 6.34. The maximum absolute atomic E-state index is 11.9. The summed E-state index contributed by atoms with van der Waals surface area (Å²) in [6.07, 6.45) is 2.40. The molecule has 122 valence electrons. The van der Waals surface area contributed by atoms with Crippen LogP contribution in [0.25, 0.3) is 0 Å². The van der Waals surface area contributed by atoms with Crippen molar-refractivity contribution in [2.24, 2.45) is 0 Å². The lowest BCUT2D eigenvalue weighted by Crippen LogP contribution is -2.38. The van der Waals surface area contributed by atoms with Crippen molar-refractivity contribution < 1.29 is 9.59 Å². The van der Waals surface area contributed by atoms with Crippen molar-refractivity contribution in [1.29, 1.82) is 0 Å². The van der Waals surface area contributed by atoms with Crippen LogP contribution in [0.1, 0.15) is 44.2 Å². The van der Waals surface area contributed by atoms with Crippen LogP contribution in [0.4, 0.5) is 5.69 Å². The van der Waals surface area contributed by atoms with E-state index in [0.29, 0.717) is 24.5 Å². The molecule has 2 amide bonds. The summed E-state index contributed by atoms with van der Waals surface area (Å²) in [7, 11) is 0. The molecule has 0 aliphatic carbocycles. The second-order valence-electron chi connectivity index (χ2n) is 5.54. The van der Waals surface area contributed by atoms with Gasteiger partial charge in [-0.2, -0.15) is 0 Å². The quantitative estimate of drug-likeness (QED) is 0.832. The lowest BCUT2D eigenvalue weighted by Gasteiger charge is -2.25. The minimum atomic E-state index is -0.0864. The highest BCUT2D eigenvalue weighted by Gasteiger charge is 2.17. The third-order valence-electron chi connectivity index (χ3n) is 3.46. The number of rotatable bonds is 7. The molecule has 1 rings (SSSR count). The molecule has 5 heteroatoms. The normalized spacial score (nSPS) is 10.4. The summed E-state index contributed by atoms with van der Waals surface area (Å²) in [6.45, 7) is 8.29. The number of anilines is 1. The number of carbonyl (C=O) groups excluding carboxylic acids is 2. The molecule has 0 unspecified atom stereocenters. The molecule has 1 N–H and O–H groups in total. The molecule has 22 heavy (non-hydrogen) atoms. The van der Waals surface area contributed by atoms with Gasteiger partial charge in [0.1, 0.15) is 0 Å². The highest BCUT2D eigenvalue weighted by Crippen LogP contribution is 2.31. The fraction of sp³-hybridized carbons (Fsp3) is 0.529. The molecule has 0 bridgehead atoms. The summed E-state index contributed by atoms with van der Waals surface area (Å²) in [6, 6.07) is 3.84. The first-order valence-corrected chi connectivity index (χ1v) is 8.06. The number of halogens is 1. The molecule has 0 aromatic heterocycles. The molecule has 0 spiro atoms. The van der Waals surface area contributed by atoms with Gasteiger partial charge in [0.05, 0.1) is 10.7 Å². The van der Waals surface area contributed by atoms with Crippen LogP contribution in [-0.2, 0) is 9.59 Å². The van der Waals surface area contributed by atoms with Gasteiger partial charge in [-0.25, -0.2) is 0 Å². The standard InChI is InChI=1S/C17H25ClN2O2/c1-5-6-7-16(22)19-8-9-20(14(4)21)17-13(3)10-12(2)11-15(17)18/h10-11H,5-9H2,1-4H3,(H,19,22). The van der Waals surface area contributed by atoms with Crippen molar-refractivity contribution in [1.82, 2.24) is 5.32 Å². The van der Waals surface area contributed by atoms with Crippen molar-refractivity contribution in [2.45, 2.75) is 47.0 Å². The number of nitrogens with zero attached hydrogens (tertiary/aromatic N) is 1. The first kappa shape index (κ1) is 18.5. The molecule has 0 atom stereocenters. The fourth-order valence-electron chi connectivity index (χ4n) is 2.41. The first-order chi connectivity index (χ1) is 10.4. The molecule has 0 aliphatic heterocycles. The van der Waals surface area contributed by atoms with Crippen molar-refractivity contribution in [2.75, 3.05) is 18.0 Å². The number of nitrogens with one attached hydrogen (secondary N) is 1. The summed E-state index contributed by atoms with van der Waals surface area (Å²) < 4.78 is 0. The molecule has 0 saturated heterocycles. The molecule has 4 nitrogen and oxygen atoms in total. The maximum Gasteiger partial charge on any atom is 0.223 e. The molecule has 0 heterocycles. The fourth-order valence-corrected chi connectivity index (χ4v) is 2.83. The van der Waals surface area contributed by atoms with Crippen LogP contribution in [0.2, 0.25) is 5.02 Å². The summed E-state index contributed by atoms with van der Waals surface area (Å²) in [5.41, 5.74) is 2.74. The van der Waals surface area contributed by atoms with Gasteiger partial charge in [0, 0.05) is 26.4 Å². The number of benzene rings is 1. The Bertz CT molecular complexity index is 520. The Morgan fingerprint density at radius 3 is 2.50 bits per heavy atom. The number of aryl methyl sites for hydroxylation is 2. The van der Waals surface area contributed by atoms with Gasteiger partial charge < -0.3 is 10.2 Å². The van der Waals surface area contributed by atoms with Crippen LogP contribution < -0.4 is 10.2 Å². The lowest BCUT2D eigenvalue weighted by atomic mass is 10.1. The van der Waals surface area contributed by atoms with Crippen molar-refractivity contribution in [3.63, 3.8) is 0 Å². The summed E-state index contributed by atoms with van der Waals surface area (Å²) >= 11 is 6.30. The Balaban J connectivity index is 2.75.